The van der Waals surface area contributed by atoms with E-state index in [1.54, 1.807) is 7.11 Å². The molecule has 1 aliphatic rings. The summed E-state index contributed by atoms with van der Waals surface area (Å²) in [5.41, 5.74) is -0.114. The number of ether oxygens (including phenoxy) is 1. The molecule has 0 aromatic carbocycles. The Kier molecular flexibility index (Phi) is 4.93. The fourth-order valence-electron chi connectivity index (χ4n) is 2.58. The third kappa shape index (κ3) is 3.05. The monoisotopic (exact) mass is 227 g/mol. The van der Waals surface area contributed by atoms with Crippen LogP contribution in [0.5, 0.6) is 0 Å². The van der Waals surface area contributed by atoms with E-state index >= 15 is 0 Å². The molecule has 0 saturated carbocycles. The van der Waals surface area contributed by atoms with Crippen molar-refractivity contribution in [2.75, 3.05) is 33.9 Å². The summed E-state index contributed by atoms with van der Waals surface area (Å²) in [6.45, 7) is 6.77. The minimum atomic E-state index is -0.114. The van der Waals surface area contributed by atoms with Gasteiger partial charge in [0, 0.05) is 25.0 Å². The number of likely N-dealkylation sites (tertiary alicyclic amines) is 1. The van der Waals surface area contributed by atoms with Crippen molar-refractivity contribution in [2.45, 2.75) is 33.1 Å². The zero-order valence-corrected chi connectivity index (χ0v) is 11.1. The number of ketones is 1. The largest absolute Gasteiger partial charge is 0.385 e. The molecule has 0 N–H and O–H groups in total. The molecule has 0 bridgehead atoms. The molecule has 0 spiro atoms. The van der Waals surface area contributed by atoms with E-state index in [2.05, 4.69) is 11.9 Å². The van der Waals surface area contributed by atoms with Crippen LogP contribution in [-0.4, -0.2) is 44.5 Å². The average molecular weight is 227 g/mol. The molecular weight excluding hydrogens is 202 g/mol. The van der Waals surface area contributed by atoms with E-state index in [-0.39, 0.29) is 11.3 Å². The summed E-state index contributed by atoms with van der Waals surface area (Å²) in [6.07, 6.45) is 2.86. The minimum Gasteiger partial charge on any atom is -0.385 e. The van der Waals surface area contributed by atoms with Crippen molar-refractivity contribution in [2.24, 2.45) is 11.3 Å². The summed E-state index contributed by atoms with van der Waals surface area (Å²) in [5, 5.41) is 0. The van der Waals surface area contributed by atoms with Crippen molar-refractivity contribution in [3.8, 4) is 0 Å². The summed E-state index contributed by atoms with van der Waals surface area (Å²) >= 11 is 0. The van der Waals surface area contributed by atoms with Crippen molar-refractivity contribution in [3.05, 3.63) is 0 Å². The third-order valence-electron chi connectivity index (χ3n) is 3.78. The fourth-order valence-corrected chi connectivity index (χ4v) is 2.58. The van der Waals surface area contributed by atoms with Crippen LogP contribution in [0.25, 0.3) is 0 Å². The Hall–Kier alpha value is -0.410. The Morgan fingerprint density at radius 2 is 1.94 bits per heavy atom. The topological polar surface area (TPSA) is 29.5 Å². The smallest absolute Gasteiger partial charge is 0.141 e. The number of piperidine rings is 1. The number of rotatable bonds is 5. The second kappa shape index (κ2) is 5.78. The Morgan fingerprint density at radius 3 is 2.38 bits per heavy atom. The molecule has 0 amide bonds. The van der Waals surface area contributed by atoms with Gasteiger partial charge in [-0.3, -0.25) is 4.79 Å². The van der Waals surface area contributed by atoms with Crippen LogP contribution in [0.3, 0.4) is 0 Å². The molecule has 1 heterocycles. The van der Waals surface area contributed by atoms with Crippen LogP contribution < -0.4 is 0 Å². The predicted molar refractivity (Wildman–Crippen MR) is 65.5 cm³/mol. The van der Waals surface area contributed by atoms with Gasteiger partial charge in [0.2, 0.25) is 0 Å². The van der Waals surface area contributed by atoms with Gasteiger partial charge in [-0.25, -0.2) is 0 Å². The van der Waals surface area contributed by atoms with E-state index in [0.29, 0.717) is 12.4 Å². The molecule has 1 fully saturated rings. The molecule has 1 rings (SSSR count). The lowest BCUT2D eigenvalue weighted by atomic mass is 9.69. The molecule has 16 heavy (non-hydrogen) atoms. The Balaban J connectivity index is 2.72. The van der Waals surface area contributed by atoms with Crippen LogP contribution in [-0.2, 0) is 9.53 Å². The highest BCUT2D eigenvalue weighted by Crippen LogP contribution is 2.37. The summed E-state index contributed by atoms with van der Waals surface area (Å²) in [5.74, 6) is 0.568. The van der Waals surface area contributed by atoms with E-state index < -0.39 is 0 Å². The van der Waals surface area contributed by atoms with E-state index in [0.717, 1.165) is 32.4 Å². The van der Waals surface area contributed by atoms with E-state index in [1.807, 2.05) is 13.8 Å². The van der Waals surface area contributed by atoms with Crippen LogP contribution in [0.2, 0.25) is 0 Å². The number of Topliss-reactive ketones (excluding diaryl/α,β-unsaturated/α-hetero) is 1. The van der Waals surface area contributed by atoms with Crippen molar-refractivity contribution < 1.29 is 9.53 Å². The van der Waals surface area contributed by atoms with Gasteiger partial charge in [0.25, 0.3) is 0 Å². The summed E-state index contributed by atoms with van der Waals surface area (Å²) in [4.78, 5) is 14.7. The van der Waals surface area contributed by atoms with Gasteiger partial charge in [-0.1, -0.05) is 13.8 Å². The molecule has 3 nitrogen and oxygen atoms in total. The zero-order valence-electron chi connectivity index (χ0n) is 11.1. The summed E-state index contributed by atoms with van der Waals surface area (Å²) < 4.78 is 5.16. The van der Waals surface area contributed by atoms with Crippen LogP contribution in [0.1, 0.15) is 33.1 Å². The molecule has 0 radical (unpaired) electrons. The van der Waals surface area contributed by atoms with Gasteiger partial charge in [-0.2, -0.15) is 0 Å². The molecule has 0 unspecified atom stereocenters. The normalized spacial score (nSPS) is 21.3. The molecule has 1 saturated heterocycles. The number of carbonyl (C=O) groups is 1. The quantitative estimate of drug-likeness (QED) is 0.719. The van der Waals surface area contributed by atoms with Gasteiger partial charge in [-0.15, -0.1) is 0 Å². The second-order valence-electron chi connectivity index (χ2n) is 5.35. The molecule has 3 heteroatoms. The Labute approximate surface area is 99.1 Å². The van der Waals surface area contributed by atoms with Gasteiger partial charge in [0.15, 0.2) is 0 Å². The lowest BCUT2D eigenvalue weighted by Gasteiger charge is -2.40. The van der Waals surface area contributed by atoms with E-state index in [4.69, 9.17) is 4.74 Å². The number of nitrogens with zero attached hydrogens (tertiary/aromatic N) is 1. The van der Waals surface area contributed by atoms with Gasteiger partial charge < -0.3 is 9.64 Å². The molecule has 0 aromatic heterocycles. The van der Waals surface area contributed by atoms with E-state index in [9.17, 15) is 4.79 Å². The van der Waals surface area contributed by atoms with Crippen LogP contribution >= 0.6 is 0 Å². The van der Waals surface area contributed by atoms with Gasteiger partial charge >= 0.3 is 0 Å². The fraction of sp³-hybridized carbons (Fsp3) is 0.923. The first-order valence-electron chi connectivity index (χ1n) is 6.23. The molecule has 0 aromatic rings. The maximum Gasteiger partial charge on any atom is 0.141 e. The SMILES string of the molecule is COCCC1(C(=O)C(C)C)CCN(C)CC1. The average Bonchev–Trinajstić information content (AvgIpc) is 2.28. The lowest BCUT2D eigenvalue weighted by Crippen LogP contribution is -2.45. The Bertz CT molecular complexity index is 225. The second-order valence-corrected chi connectivity index (χ2v) is 5.35. The highest BCUT2D eigenvalue weighted by Gasteiger charge is 2.40. The first kappa shape index (κ1) is 13.7. The molecule has 94 valence electrons. The van der Waals surface area contributed by atoms with Gasteiger partial charge in [-0.05, 0) is 39.4 Å². The Morgan fingerprint density at radius 1 is 1.38 bits per heavy atom. The maximum atomic E-state index is 12.4. The van der Waals surface area contributed by atoms with Crippen molar-refractivity contribution in [1.29, 1.82) is 0 Å². The van der Waals surface area contributed by atoms with Gasteiger partial charge in [0.05, 0.1) is 0 Å². The van der Waals surface area contributed by atoms with Crippen LogP contribution in [0.4, 0.5) is 0 Å². The highest BCUT2D eigenvalue weighted by molar-refractivity contribution is 5.86. The maximum absolute atomic E-state index is 12.4. The van der Waals surface area contributed by atoms with Crippen LogP contribution in [0, 0.1) is 11.3 Å². The first-order valence-corrected chi connectivity index (χ1v) is 6.23. The molecular formula is C13H25NO2. The molecule has 0 atom stereocenters. The van der Waals surface area contributed by atoms with Crippen LogP contribution in [0.15, 0.2) is 0 Å². The standard InChI is InChI=1S/C13H25NO2/c1-11(2)12(15)13(7-10-16-4)5-8-14(3)9-6-13/h11H,5-10H2,1-4H3. The first-order chi connectivity index (χ1) is 7.52. The molecule has 0 aliphatic carbocycles. The van der Waals surface area contributed by atoms with Crippen molar-refractivity contribution in [1.82, 2.24) is 4.90 Å². The third-order valence-corrected chi connectivity index (χ3v) is 3.78. The molecule has 1 aliphatic heterocycles. The lowest BCUT2D eigenvalue weighted by molar-refractivity contribution is -0.136. The zero-order chi connectivity index (χ0) is 12.2. The summed E-state index contributed by atoms with van der Waals surface area (Å²) in [6, 6.07) is 0. The summed E-state index contributed by atoms with van der Waals surface area (Å²) in [7, 11) is 3.84. The van der Waals surface area contributed by atoms with Gasteiger partial charge in [0.1, 0.15) is 5.78 Å². The number of carbonyl (C=O) groups excluding carboxylic acids is 1. The predicted octanol–water partition coefficient (Wildman–Crippen LogP) is 1.96. The minimum absolute atomic E-state index is 0.114. The number of methoxy groups -OCH3 is 1. The highest BCUT2D eigenvalue weighted by atomic mass is 16.5. The number of hydrogen-bond donors (Lipinski definition) is 0. The van der Waals surface area contributed by atoms with Crippen molar-refractivity contribution >= 4 is 5.78 Å². The number of hydrogen-bond acceptors (Lipinski definition) is 3. The van der Waals surface area contributed by atoms with E-state index in [1.165, 1.54) is 0 Å². The van der Waals surface area contributed by atoms with Crippen molar-refractivity contribution in [3.63, 3.8) is 0 Å².